The molecule has 2 aromatic rings. The van der Waals surface area contributed by atoms with Gasteiger partial charge in [-0.1, -0.05) is 0 Å². The Labute approximate surface area is 123 Å². The highest BCUT2D eigenvalue weighted by molar-refractivity contribution is 7.09. The fraction of sp³-hybridized carbons (Fsp3) is 0.571. The molecule has 1 fully saturated rings. The molecule has 20 heavy (non-hydrogen) atoms. The molecule has 0 unspecified atom stereocenters. The van der Waals surface area contributed by atoms with Crippen molar-refractivity contribution >= 4 is 11.3 Å². The molecular weight excluding hydrogens is 272 g/mol. The third-order valence-electron chi connectivity index (χ3n) is 3.68. The van der Waals surface area contributed by atoms with Gasteiger partial charge in [-0.05, 0) is 13.8 Å². The van der Waals surface area contributed by atoms with Crippen LogP contribution in [0.25, 0.3) is 0 Å². The average molecular weight is 292 g/mol. The summed E-state index contributed by atoms with van der Waals surface area (Å²) in [5.41, 5.74) is 4.11. The lowest BCUT2D eigenvalue weighted by molar-refractivity contribution is -0.0381. The first-order valence-electron chi connectivity index (χ1n) is 6.86. The summed E-state index contributed by atoms with van der Waals surface area (Å²) in [5.74, 6) is 1.02. The summed E-state index contributed by atoms with van der Waals surface area (Å²) < 4.78 is 7.97. The average Bonchev–Trinajstić information content (AvgIpc) is 2.96. The van der Waals surface area contributed by atoms with E-state index in [2.05, 4.69) is 26.4 Å². The molecular formula is C14H20N4OS. The van der Waals surface area contributed by atoms with E-state index in [4.69, 9.17) is 4.74 Å². The number of imidazole rings is 1. The number of thiazole rings is 1. The largest absolute Gasteiger partial charge is 0.368 e. The number of morpholine rings is 1. The van der Waals surface area contributed by atoms with Crippen LogP contribution in [0.4, 0.5) is 0 Å². The van der Waals surface area contributed by atoms with Crippen molar-refractivity contribution in [2.75, 3.05) is 19.7 Å². The van der Waals surface area contributed by atoms with Gasteiger partial charge in [0, 0.05) is 37.8 Å². The van der Waals surface area contributed by atoms with Crippen LogP contribution >= 0.6 is 11.3 Å². The summed E-state index contributed by atoms with van der Waals surface area (Å²) in [6.45, 7) is 7.67. The number of aromatic nitrogens is 3. The second kappa shape index (κ2) is 5.63. The summed E-state index contributed by atoms with van der Waals surface area (Å²) >= 11 is 1.73. The molecule has 0 saturated carbocycles. The van der Waals surface area contributed by atoms with Crippen molar-refractivity contribution in [2.24, 2.45) is 7.05 Å². The quantitative estimate of drug-likeness (QED) is 0.868. The van der Waals surface area contributed by atoms with Gasteiger partial charge in [-0.25, -0.2) is 9.97 Å². The minimum Gasteiger partial charge on any atom is -0.368 e. The molecule has 0 aliphatic carbocycles. The Morgan fingerprint density at radius 2 is 2.30 bits per heavy atom. The molecule has 2 aromatic heterocycles. The van der Waals surface area contributed by atoms with Gasteiger partial charge < -0.3 is 9.30 Å². The first-order chi connectivity index (χ1) is 9.63. The van der Waals surface area contributed by atoms with Crippen molar-refractivity contribution in [2.45, 2.75) is 26.5 Å². The van der Waals surface area contributed by atoms with Crippen molar-refractivity contribution in [1.29, 1.82) is 0 Å². The summed E-state index contributed by atoms with van der Waals surface area (Å²) in [5, 5.41) is 0. The maximum atomic E-state index is 5.90. The molecule has 6 heteroatoms. The van der Waals surface area contributed by atoms with E-state index in [9.17, 15) is 0 Å². The van der Waals surface area contributed by atoms with Crippen LogP contribution in [0.2, 0.25) is 0 Å². The highest BCUT2D eigenvalue weighted by atomic mass is 32.1. The van der Waals surface area contributed by atoms with Crippen LogP contribution < -0.4 is 0 Å². The molecule has 3 rings (SSSR count). The Morgan fingerprint density at radius 1 is 1.45 bits per heavy atom. The molecule has 3 heterocycles. The van der Waals surface area contributed by atoms with E-state index in [0.29, 0.717) is 0 Å². The number of aryl methyl sites for hydroxylation is 3. The monoisotopic (exact) mass is 292 g/mol. The molecule has 0 radical (unpaired) electrons. The van der Waals surface area contributed by atoms with Crippen LogP contribution in [-0.2, 0) is 18.3 Å². The number of hydrogen-bond acceptors (Lipinski definition) is 5. The molecule has 0 aromatic carbocycles. The molecule has 0 spiro atoms. The molecule has 0 amide bonds. The molecule has 108 valence electrons. The summed E-state index contributed by atoms with van der Waals surface area (Å²) in [4.78, 5) is 12.7. The summed E-state index contributed by atoms with van der Waals surface area (Å²) in [6.07, 6.45) is 2.11. The van der Waals surface area contributed by atoms with E-state index in [1.165, 1.54) is 4.88 Å². The van der Waals surface area contributed by atoms with Crippen LogP contribution in [0.3, 0.4) is 0 Å². The van der Waals surface area contributed by atoms with Crippen LogP contribution in [0, 0.1) is 13.8 Å². The molecule has 1 saturated heterocycles. The lowest BCUT2D eigenvalue weighted by Crippen LogP contribution is -2.38. The van der Waals surface area contributed by atoms with Gasteiger partial charge in [-0.2, -0.15) is 0 Å². The molecule has 0 N–H and O–H groups in total. The minimum absolute atomic E-state index is 0.0654. The van der Waals surface area contributed by atoms with E-state index < -0.39 is 0 Å². The van der Waals surface area contributed by atoms with Gasteiger partial charge in [0.05, 0.1) is 23.5 Å². The molecule has 5 nitrogen and oxygen atoms in total. The van der Waals surface area contributed by atoms with Crippen LogP contribution in [-0.4, -0.2) is 39.1 Å². The SMILES string of the molecule is Cc1cn(C)c([C@@H]2CN(Cc3scnc3C)CCO2)n1. The maximum Gasteiger partial charge on any atom is 0.139 e. The second-order valence-corrected chi connectivity index (χ2v) is 6.25. The number of hydrogen-bond donors (Lipinski definition) is 0. The Bertz CT molecular complexity index is 592. The number of ether oxygens (including phenoxy) is 1. The van der Waals surface area contributed by atoms with E-state index in [0.717, 1.165) is 43.5 Å². The third kappa shape index (κ3) is 2.77. The highest BCUT2D eigenvalue weighted by Gasteiger charge is 2.25. The highest BCUT2D eigenvalue weighted by Crippen LogP contribution is 2.24. The van der Waals surface area contributed by atoms with Gasteiger partial charge >= 0.3 is 0 Å². The van der Waals surface area contributed by atoms with Crippen molar-refractivity contribution < 1.29 is 4.74 Å². The first kappa shape index (κ1) is 13.7. The number of rotatable bonds is 3. The second-order valence-electron chi connectivity index (χ2n) is 5.31. The fourth-order valence-electron chi connectivity index (χ4n) is 2.62. The first-order valence-corrected chi connectivity index (χ1v) is 7.74. The van der Waals surface area contributed by atoms with Crippen molar-refractivity contribution in [3.8, 4) is 0 Å². The zero-order chi connectivity index (χ0) is 14.1. The zero-order valence-corrected chi connectivity index (χ0v) is 13.0. The Kier molecular flexibility index (Phi) is 3.87. The normalized spacial score (nSPS) is 20.4. The fourth-order valence-corrected chi connectivity index (χ4v) is 3.44. The van der Waals surface area contributed by atoms with Gasteiger partial charge in [0.1, 0.15) is 11.9 Å². The van der Waals surface area contributed by atoms with Crippen molar-refractivity contribution in [3.63, 3.8) is 0 Å². The molecule has 1 aliphatic rings. The van der Waals surface area contributed by atoms with E-state index >= 15 is 0 Å². The third-order valence-corrected chi connectivity index (χ3v) is 4.60. The van der Waals surface area contributed by atoms with E-state index in [1.807, 2.05) is 25.7 Å². The van der Waals surface area contributed by atoms with Gasteiger partial charge in [0.25, 0.3) is 0 Å². The lowest BCUT2D eigenvalue weighted by atomic mass is 10.2. The molecule has 1 aliphatic heterocycles. The molecule has 0 bridgehead atoms. The smallest absolute Gasteiger partial charge is 0.139 e. The van der Waals surface area contributed by atoms with Gasteiger partial charge in [-0.15, -0.1) is 11.3 Å². The van der Waals surface area contributed by atoms with E-state index in [-0.39, 0.29) is 6.10 Å². The van der Waals surface area contributed by atoms with Crippen molar-refractivity contribution in [1.82, 2.24) is 19.4 Å². The predicted molar refractivity (Wildman–Crippen MR) is 78.8 cm³/mol. The maximum absolute atomic E-state index is 5.90. The molecule has 1 atom stereocenters. The summed E-state index contributed by atoms with van der Waals surface area (Å²) in [7, 11) is 2.03. The van der Waals surface area contributed by atoms with Crippen molar-refractivity contribution in [3.05, 3.63) is 33.8 Å². The van der Waals surface area contributed by atoms with Gasteiger partial charge in [0.15, 0.2) is 0 Å². The predicted octanol–water partition coefficient (Wildman–Crippen LogP) is 2.07. The standard InChI is InChI=1S/C14H20N4OS/c1-10-6-17(3)14(16-10)12-7-18(4-5-19-12)8-13-11(2)15-9-20-13/h6,9,12H,4-5,7-8H2,1-3H3/t12-/m0/s1. The summed E-state index contributed by atoms with van der Waals surface area (Å²) in [6, 6.07) is 0. The van der Waals surface area contributed by atoms with Gasteiger partial charge in [-0.3, -0.25) is 4.90 Å². The zero-order valence-electron chi connectivity index (χ0n) is 12.2. The lowest BCUT2D eigenvalue weighted by Gasteiger charge is -2.32. The van der Waals surface area contributed by atoms with Crippen LogP contribution in [0.5, 0.6) is 0 Å². The Balaban J connectivity index is 1.70. The topological polar surface area (TPSA) is 43.2 Å². The Hall–Kier alpha value is -1.24. The minimum atomic E-state index is 0.0654. The van der Waals surface area contributed by atoms with E-state index in [1.54, 1.807) is 11.3 Å². The Morgan fingerprint density at radius 3 is 2.95 bits per heavy atom. The van der Waals surface area contributed by atoms with Gasteiger partial charge in [0.2, 0.25) is 0 Å². The number of nitrogens with zero attached hydrogens (tertiary/aromatic N) is 4. The van der Waals surface area contributed by atoms with Crippen LogP contribution in [0.1, 0.15) is 28.2 Å². The van der Waals surface area contributed by atoms with Crippen LogP contribution in [0.15, 0.2) is 11.7 Å².